The molecule has 0 spiro atoms. The highest BCUT2D eigenvalue weighted by Crippen LogP contribution is 2.19. The van der Waals surface area contributed by atoms with Crippen molar-refractivity contribution < 1.29 is 14.0 Å². The Labute approximate surface area is 148 Å². The van der Waals surface area contributed by atoms with Crippen LogP contribution in [0.25, 0.3) is 0 Å². The molecule has 2 rings (SSSR count). The molecule has 2 amide bonds. The van der Waals surface area contributed by atoms with Crippen molar-refractivity contribution in [3.8, 4) is 0 Å². The number of hydrogen-bond donors (Lipinski definition) is 2. The van der Waals surface area contributed by atoms with Crippen molar-refractivity contribution in [2.24, 2.45) is 0 Å². The van der Waals surface area contributed by atoms with E-state index in [0.29, 0.717) is 10.7 Å². The molecule has 24 heavy (non-hydrogen) atoms. The van der Waals surface area contributed by atoms with Crippen LogP contribution in [0.2, 0.25) is 5.02 Å². The average molecular weight is 367 g/mol. The van der Waals surface area contributed by atoms with Crippen LogP contribution in [-0.4, -0.2) is 23.3 Å². The van der Waals surface area contributed by atoms with Gasteiger partial charge in [-0.1, -0.05) is 23.7 Å². The van der Waals surface area contributed by atoms with Crippen LogP contribution in [0, 0.1) is 12.7 Å². The van der Waals surface area contributed by atoms with E-state index in [4.69, 9.17) is 11.6 Å². The van der Waals surface area contributed by atoms with Crippen LogP contribution < -0.4 is 10.6 Å². The van der Waals surface area contributed by atoms with E-state index in [1.54, 1.807) is 6.07 Å². The molecule has 2 aromatic carbocycles. The third-order valence-corrected chi connectivity index (χ3v) is 4.14. The Morgan fingerprint density at radius 1 is 1.08 bits per heavy atom. The highest BCUT2D eigenvalue weighted by molar-refractivity contribution is 8.00. The molecule has 0 aromatic heterocycles. The maximum Gasteiger partial charge on any atom is 0.234 e. The van der Waals surface area contributed by atoms with E-state index < -0.39 is 11.7 Å². The minimum absolute atomic E-state index is 0.0253. The maximum atomic E-state index is 13.5. The van der Waals surface area contributed by atoms with Crippen molar-refractivity contribution in [1.29, 1.82) is 0 Å². The topological polar surface area (TPSA) is 58.2 Å². The number of aryl methyl sites for hydroxylation is 1. The van der Waals surface area contributed by atoms with Crippen LogP contribution >= 0.6 is 23.4 Å². The van der Waals surface area contributed by atoms with Gasteiger partial charge in [0.15, 0.2) is 0 Å². The van der Waals surface area contributed by atoms with E-state index in [0.717, 1.165) is 17.3 Å². The highest BCUT2D eigenvalue weighted by Gasteiger charge is 2.09. The summed E-state index contributed by atoms with van der Waals surface area (Å²) >= 11 is 6.90. The van der Waals surface area contributed by atoms with Crippen LogP contribution in [-0.2, 0) is 9.59 Å². The van der Waals surface area contributed by atoms with Crippen LogP contribution in [0.4, 0.5) is 15.8 Å². The lowest BCUT2D eigenvalue weighted by atomic mass is 10.2. The molecular formula is C17H16ClFN2O2S. The number of halogens is 2. The molecule has 0 aliphatic rings. The molecule has 0 heterocycles. The standard InChI is InChI=1S/C17H16ClFN2O2S/c1-11-3-2-4-13(7-11)20-16(22)9-24-10-17(23)21-15-8-12(18)5-6-14(15)19/h2-8H,9-10H2,1H3,(H,20,22)(H,21,23). The number of thioether (sulfide) groups is 1. The number of hydrogen-bond acceptors (Lipinski definition) is 3. The van der Waals surface area contributed by atoms with Crippen LogP contribution in [0.5, 0.6) is 0 Å². The van der Waals surface area contributed by atoms with Crippen molar-refractivity contribution in [3.05, 3.63) is 58.9 Å². The fraction of sp³-hybridized carbons (Fsp3) is 0.176. The normalized spacial score (nSPS) is 10.3. The summed E-state index contributed by atoms with van der Waals surface area (Å²) in [6.07, 6.45) is 0. The number of nitrogens with one attached hydrogen (secondary N) is 2. The van der Waals surface area contributed by atoms with Gasteiger partial charge in [-0.2, -0.15) is 0 Å². The quantitative estimate of drug-likeness (QED) is 0.809. The number of rotatable bonds is 6. The molecule has 0 radical (unpaired) electrons. The molecular weight excluding hydrogens is 351 g/mol. The van der Waals surface area contributed by atoms with Crippen molar-refractivity contribution in [2.45, 2.75) is 6.92 Å². The van der Waals surface area contributed by atoms with Gasteiger partial charge in [0.05, 0.1) is 17.2 Å². The molecule has 0 atom stereocenters. The van der Waals surface area contributed by atoms with Gasteiger partial charge < -0.3 is 10.6 Å². The lowest BCUT2D eigenvalue weighted by Crippen LogP contribution is -2.19. The van der Waals surface area contributed by atoms with Crippen molar-refractivity contribution in [3.63, 3.8) is 0 Å². The lowest BCUT2D eigenvalue weighted by molar-refractivity contribution is -0.114. The van der Waals surface area contributed by atoms with Crippen LogP contribution in [0.15, 0.2) is 42.5 Å². The van der Waals surface area contributed by atoms with Crippen molar-refractivity contribution in [1.82, 2.24) is 0 Å². The van der Waals surface area contributed by atoms with Crippen LogP contribution in [0.1, 0.15) is 5.56 Å². The molecule has 0 aliphatic carbocycles. The Kier molecular flexibility index (Phi) is 6.63. The Bertz CT molecular complexity index is 755. The van der Waals surface area contributed by atoms with E-state index in [2.05, 4.69) is 10.6 Å². The molecule has 126 valence electrons. The van der Waals surface area contributed by atoms with Gasteiger partial charge in [-0.05, 0) is 42.8 Å². The summed E-state index contributed by atoms with van der Waals surface area (Å²) < 4.78 is 13.5. The van der Waals surface area contributed by atoms with Crippen LogP contribution in [0.3, 0.4) is 0 Å². The zero-order chi connectivity index (χ0) is 17.5. The summed E-state index contributed by atoms with van der Waals surface area (Å²) in [5.74, 6) is -1.00. The summed E-state index contributed by atoms with van der Waals surface area (Å²) in [5.41, 5.74) is 1.78. The SMILES string of the molecule is Cc1cccc(NC(=O)CSCC(=O)Nc2cc(Cl)ccc2F)c1. The first kappa shape index (κ1) is 18.3. The maximum absolute atomic E-state index is 13.5. The number of anilines is 2. The van der Waals surface area contributed by atoms with Gasteiger partial charge in [0.2, 0.25) is 11.8 Å². The fourth-order valence-electron chi connectivity index (χ4n) is 1.94. The van der Waals surface area contributed by atoms with Gasteiger partial charge >= 0.3 is 0 Å². The molecule has 4 nitrogen and oxygen atoms in total. The van der Waals surface area contributed by atoms with Gasteiger partial charge in [0.25, 0.3) is 0 Å². The third-order valence-electron chi connectivity index (χ3n) is 2.97. The minimum atomic E-state index is -0.560. The van der Waals surface area contributed by atoms with Gasteiger partial charge in [-0.3, -0.25) is 9.59 Å². The molecule has 7 heteroatoms. The zero-order valence-corrected chi connectivity index (χ0v) is 14.5. The zero-order valence-electron chi connectivity index (χ0n) is 12.9. The monoisotopic (exact) mass is 366 g/mol. The molecule has 0 aliphatic heterocycles. The predicted molar refractivity (Wildman–Crippen MR) is 97.2 cm³/mol. The molecule has 0 saturated carbocycles. The van der Waals surface area contributed by atoms with E-state index >= 15 is 0 Å². The van der Waals surface area contributed by atoms with E-state index in [1.165, 1.54) is 18.2 Å². The Morgan fingerprint density at radius 2 is 1.79 bits per heavy atom. The second-order valence-electron chi connectivity index (χ2n) is 5.08. The fourth-order valence-corrected chi connectivity index (χ4v) is 2.73. The summed E-state index contributed by atoms with van der Waals surface area (Å²) in [4.78, 5) is 23.6. The van der Waals surface area contributed by atoms with Gasteiger partial charge in [0, 0.05) is 10.7 Å². The molecule has 2 N–H and O–H groups in total. The van der Waals surface area contributed by atoms with Gasteiger partial charge in [0.1, 0.15) is 5.82 Å². The number of carbonyl (C=O) groups is 2. The molecule has 0 saturated heterocycles. The Balaban J connectivity index is 1.76. The molecule has 2 aromatic rings. The Hall–Kier alpha value is -2.05. The van der Waals surface area contributed by atoms with Gasteiger partial charge in [-0.25, -0.2) is 4.39 Å². The Morgan fingerprint density at radius 3 is 2.50 bits per heavy atom. The summed E-state index contributed by atoms with van der Waals surface area (Å²) in [6, 6.07) is 11.4. The van der Waals surface area contributed by atoms with E-state index in [1.807, 2.05) is 25.1 Å². The predicted octanol–water partition coefficient (Wildman–Crippen LogP) is 4.10. The number of amides is 2. The first-order valence-electron chi connectivity index (χ1n) is 7.13. The number of benzene rings is 2. The average Bonchev–Trinajstić information content (AvgIpc) is 2.51. The minimum Gasteiger partial charge on any atom is -0.325 e. The summed E-state index contributed by atoms with van der Waals surface area (Å²) in [6.45, 7) is 1.93. The molecule has 0 unspecified atom stereocenters. The van der Waals surface area contributed by atoms with Crippen molar-refractivity contribution >= 4 is 46.6 Å². The lowest BCUT2D eigenvalue weighted by Gasteiger charge is -2.08. The summed E-state index contributed by atoms with van der Waals surface area (Å²) in [5, 5.41) is 5.52. The second-order valence-corrected chi connectivity index (χ2v) is 6.50. The van der Waals surface area contributed by atoms with E-state index in [-0.39, 0.29) is 23.1 Å². The smallest absolute Gasteiger partial charge is 0.234 e. The third kappa shape index (κ3) is 5.86. The first-order chi connectivity index (χ1) is 11.4. The highest BCUT2D eigenvalue weighted by atomic mass is 35.5. The van der Waals surface area contributed by atoms with Crippen molar-refractivity contribution in [2.75, 3.05) is 22.1 Å². The second kappa shape index (κ2) is 8.70. The van der Waals surface area contributed by atoms with Gasteiger partial charge in [-0.15, -0.1) is 11.8 Å². The largest absolute Gasteiger partial charge is 0.325 e. The molecule has 0 bridgehead atoms. The number of carbonyl (C=O) groups excluding carboxylic acids is 2. The first-order valence-corrected chi connectivity index (χ1v) is 8.66. The molecule has 0 fully saturated rings. The van der Waals surface area contributed by atoms with E-state index in [9.17, 15) is 14.0 Å². The summed E-state index contributed by atoms with van der Waals surface area (Å²) in [7, 11) is 0.